The van der Waals surface area contributed by atoms with Gasteiger partial charge in [0.05, 0.1) is 11.6 Å². The van der Waals surface area contributed by atoms with Crippen LogP contribution in [0.1, 0.15) is 25.0 Å². The summed E-state index contributed by atoms with van der Waals surface area (Å²) in [7, 11) is 0. The molecular formula is C22H24ClN3O2S. The van der Waals surface area contributed by atoms with Crippen molar-refractivity contribution in [1.82, 2.24) is 4.90 Å². The number of nitrogens with zero attached hydrogens (tertiary/aromatic N) is 2. The fraction of sp³-hybridized carbons (Fsp3) is 0.273. The molecule has 152 valence electrons. The van der Waals surface area contributed by atoms with E-state index in [4.69, 9.17) is 11.6 Å². The molecule has 1 heterocycles. The molecule has 5 nitrogen and oxygen atoms in total. The minimum Gasteiger partial charge on any atom is -0.372 e. The lowest BCUT2D eigenvalue weighted by Gasteiger charge is -2.20. The normalized spacial score (nSPS) is 15.3. The van der Waals surface area contributed by atoms with Gasteiger partial charge in [-0.2, -0.15) is 0 Å². The molecule has 1 fully saturated rings. The minimum atomic E-state index is -0.293. The quantitative estimate of drug-likeness (QED) is 0.580. The predicted octanol–water partition coefficient (Wildman–Crippen LogP) is 5.60. The van der Waals surface area contributed by atoms with Crippen molar-refractivity contribution in [3.63, 3.8) is 0 Å². The van der Waals surface area contributed by atoms with E-state index in [1.165, 1.54) is 4.90 Å². The van der Waals surface area contributed by atoms with Crippen LogP contribution in [0.3, 0.4) is 0 Å². The summed E-state index contributed by atoms with van der Waals surface area (Å²) in [6.07, 6.45) is 1.76. The number of carbonyl (C=O) groups is 2. The van der Waals surface area contributed by atoms with E-state index < -0.39 is 0 Å². The maximum atomic E-state index is 12.7. The van der Waals surface area contributed by atoms with Crippen molar-refractivity contribution >= 4 is 52.0 Å². The molecule has 2 amide bonds. The fourth-order valence-corrected chi connectivity index (χ4v) is 4.05. The van der Waals surface area contributed by atoms with Crippen LogP contribution in [0.2, 0.25) is 5.02 Å². The molecule has 1 aliphatic rings. The zero-order valence-corrected chi connectivity index (χ0v) is 18.3. The summed E-state index contributed by atoms with van der Waals surface area (Å²) in [6, 6.07) is 13.5. The number of anilines is 2. The van der Waals surface area contributed by atoms with Crippen LogP contribution in [0.4, 0.5) is 16.2 Å². The van der Waals surface area contributed by atoms with Gasteiger partial charge in [-0.1, -0.05) is 29.8 Å². The minimum absolute atomic E-state index is 0.0995. The second-order valence-corrected chi connectivity index (χ2v) is 8.07. The van der Waals surface area contributed by atoms with Crippen molar-refractivity contribution < 1.29 is 9.59 Å². The molecule has 7 heteroatoms. The number of rotatable bonds is 7. The number of nitrogens with one attached hydrogen (secondary N) is 1. The van der Waals surface area contributed by atoms with Crippen LogP contribution >= 0.6 is 23.4 Å². The molecular weight excluding hydrogens is 406 g/mol. The smallest absolute Gasteiger partial charge is 0.295 e. The SMILES string of the molecule is CCN(CC)c1ccc(/C=C2\SC(=O)N(CNc3ccc(C)c(Cl)c3)C2=O)cc1. The first-order valence-electron chi connectivity index (χ1n) is 9.53. The molecule has 0 spiro atoms. The van der Waals surface area contributed by atoms with Gasteiger partial charge < -0.3 is 10.2 Å². The molecule has 0 radical (unpaired) electrons. The van der Waals surface area contributed by atoms with Crippen molar-refractivity contribution in [3.8, 4) is 0 Å². The fourth-order valence-electron chi connectivity index (χ4n) is 3.03. The summed E-state index contributed by atoms with van der Waals surface area (Å²) in [4.78, 5) is 28.9. The Kier molecular flexibility index (Phi) is 6.87. The molecule has 29 heavy (non-hydrogen) atoms. The van der Waals surface area contributed by atoms with E-state index in [2.05, 4.69) is 24.1 Å². The van der Waals surface area contributed by atoms with E-state index in [0.29, 0.717) is 9.93 Å². The summed E-state index contributed by atoms with van der Waals surface area (Å²) < 4.78 is 0. The van der Waals surface area contributed by atoms with Crippen LogP contribution in [0.25, 0.3) is 6.08 Å². The van der Waals surface area contributed by atoms with Crippen molar-refractivity contribution in [3.05, 3.63) is 63.5 Å². The number of carbonyl (C=O) groups excluding carboxylic acids is 2. The van der Waals surface area contributed by atoms with E-state index in [0.717, 1.165) is 47.4 Å². The molecule has 0 aromatic heterocycles. The average molecular weight is 430 g/mol. The van der Waals surface area contributed by atoms with Gasteiger partial charge in [-0.05, 0) is 74.0 Å². The van der Waals surface area contributed by atoms with Gasteiger partial charge in [0.1, 0.15) is 0 Å². The molecule has 0 saturated carbocycles. The highest BCUT2D eigenvalue weighted by Crippen LogP contribution is 2.32. The zero-order valence-electron chi connectivity index (χ0n) is 16.7. The van der Waals surface area contributed by atoms with Gasteiger partial charge >= 0.3 is 0 Å². The highest BCUT2D eigenvalue weighted by molar-refractivity contribution is 8.18. The summed E-state index contributed by atoms with van der Waals surface area (Å²) in [6.45, 7) is 8.13. The lowest BCUT2D eigenvalue weighted by Crippen LogP contribution is -2.33. The Hall–Kier alpha value is -2.44. The van der Waals surface area contributed by atoms with Crippen LogP contribution in [0.15, 0.2) is 47.4 Å². The maximum Gasteiger partial charge on any atom is 0.295 e. The summed E-state index contributed by atoms with van der Waals surface area (Å²) in [5.41, 5.74) is 3.76. The average Bonchev–Trinajstić information content (AvgIpc) is 2.98. The van der Waals surface area contributed by atoms with E-state index in [9.17, 15) is 9.59 Å². The number of hydrogen-bond donors (Lipinski definition) is 1. The van der Waals surface area contributed by atoms with Crippen LogP contribution in [-0.4, -0.2) is 35.8 Å². The van der Waals surface area contributed by atoms with Gasteiger partial charge in [0.15, 0.2) is 0 Å². The van der Waals surface area contributed by atoms with Crippen LogP contribution in [0.5, 0.6) is 0 Å². The Morgan fingerprint density at radius 3 is 2.41 bits per heavy atom. The van der Waals surface area contributed by atoms with Gasteiger partial charge in [-0.15, -0.1) is 0 Å². The number of amides is 2. The third-order valence-corrected chi connectivity index (χ3v) is 6.12. The van der Waals surface area contributed by atoms with Crippen LogP contribution in [-0.2, 0) is 4.79 Å². The van der Waals surface area contributed by atoms with Crippen LogP contribution < -0.4 is 10.2 Å². The van der Waals surface area contributed by atoms with Gasteiger partial charge in [0, 0.05) is 29.5 Å². The second kappa shape index (κ2) is 9.37. The largest absolute Gasteiger partial charge is 0.372 e. The standard InChI is InChI=1S/C22H24ClN3O2S/c1-4-25(5-2)18-10-7-16(8-11-18)12-20-21(27)26(22(28)29-20)14-24-17-9-6-15(3)19(23)13-17/h6-13,24H,4-5,14H2,1-3H3/b20-12-. The molecule has 0 bridgehead atoms. The highest BCUT2D eigenvalue weighted by atomic mass is 35.5. The van der Waals surface area contributed by atoms with Gasteiger partial charge in [0.25, 0.3) is 11.1 Å². The molecule has 1 N–H and O–H groups in total. The Bertz CT molecular complexity index is 940. The highest BCUT2D eigenvalue weighted by Gasteiger charge is 2.34. The molecule has 0 atom stereocenters. The van der Waals surface area contributed by atoms with Crippen LogP contribution in [0, 0.1) is 6.92 Å². The Balaban J connectivity index is 1.68. The zero-order chi connectivity index (χ0) is 21.0. The molecule has 2 aromatic carbocycles. The van der Waals surface area contributed by atoms with Crippen molar-refractivity contribution in [1.29, 1.82) is 0 Å². The van der Waals surface area contributed by atoms with E-state index >= 15 is 0 Å². The summed E-state index contributed by atoms with van der Waals surface area (Å²) >= 11 is 7.08. The molecule has 2 aromatic rings. The third kappa shape index (κ3) is 4.95. The molecule has 0 unspecified atom stereocenters. The Morgan fingerprint density at radius 2 is 1.79 bits per heavy atom. The lowest BCUT2D eigenvalue weighted by atomic mass is 10.1. The Labute approximate surface area is 180 Å². The summed E-state index contributed by atoms with van der Waals surface area (Å²) in [5, 5.41) is 3.44. The van der Waals surface area contributed by atoms with Gasteiger partial charge in [0.2, 0.25) is 0 Å². The van der Waals surface area contributed by atoms with E-state index in [1.54, 1.807) is 12.1 Å². The molecule has 1 saturated heterocycles. The number of benzene rings is 2. The number of hydrogen-bond acceptors (Lipinski definition) is 5. The van der Waals surface area contributed by atoms with Crippen molar-refractivity contribution in [2.45, 2.75) is 20.8 Å². The van der Waals surface area contributed by atoms with Gasteiger partial charge in [-0.3, -0.25) is 14.5 Å². The van der Waals surface area contributed by atoms with Gasteiger partial charge in [-0.25, -0.2) is 0 Å². The molecule has 1 aliphatic heterocycles. The topological polar surface area (TPSA) is 52.7 Å². The first kappa shape index (κ1) is 21.3. The van der Waals surface area contributed by atoms with E-state index in [-0.39, 0.29) is 17.8 Å². The predicted molar refractivity (Wildman–Crippen MR) is 122 cm³/mol. The number of thioether (sulfide) groups is 1. The van der Waals surface area contributed by atoms with E-state index in [1.807, 2.05) is 43.3 Å². The molecule has 3 rings (SSSR count). The lowest BCUT2D eigenvalue weighted by molar-refractivity contribution is -0.122. The Morgan fingerprint density at radius 1 is 1.10 bits per heavy atom. The monoisotopic (exact) mass is 429 g/mol. The number of halogens is 1. The number of aryl methyl sites for hydroxylation is 1. The van der Waals surface area contributed by atoms with Crippen molar-refractivity contribution in [2.24, 2.45) is 0 Å². The maximum absolute atomic E-state index is 12.7. The first-order chi connectivity index (χ1) is 13.9. The third-order valence-electron chi connectivity index (χ3n) is 4.81. The number of imide groups is 1. The summed E-state index contributed by atoms with van der Waals surface area (Å²) in [5.74, 6) is -0.293. The second-order valence-electron chi connectivity index (χ2n) is 6.67. The first-order valence-corrected chi connectivity index (χ1v) is 10.7. The van der Waals surface area contributed by atoms with Crippen molar-refractivity contribution in [2.75, 3.05) is 30.0 Å². The molecule has 0 aliphatic carbocycles.